The minimum absolute atomic E-state index is 0.213. The Bertz CT molecular complexity index is 636. The Hall–Kier alpha value is -1.07. The molecule has 1 heterocycles. The summed E-state index contributed by atoms with van der Waals surface area (Å²) in [6.07, 6.45) is 2.87. The molecule has 0 aliphatic carbocycles. The monoisotopic (exact) mass is 310 g/mol. The fourth-order valence-corrected chi connectivity index (χ4v) is 4.71. The molecule has 118 valence electrons. The van der Waals surface area contributed by atoms with Gasteiger partial charge in [-0.2, -0.15) is 4.31 Å². The summed E-state index contributed by atoms with van der Waals surface area (Å²) < 4.78 is 27.5. The lowest BCUT2D eigenvalue weighted by Crippen LogP contribution is -2.33. The molecule has 5 heteroatoms. The highest BCUT2D eigenvalue weighted by molar-refractivity contribution is 7.89. The van der Waals surface area contributed by atoms with Gasteiger partial charge in [-0.05, 0) is 61.8 Å². The molecule has 1 aromatic carbocycles. The fourth-order valence-electron chi connectivity index (χ4n) is 2.90. The molecule has 1 aliphatic rings. The van der Waals surface area contributed by atoms with Crippen LogP contribution in [0, 0.1) is 19.3 Å². The highest BCUT2D eigenvalue weighted by Gasteiger charge is 2.31. The average molecular weight is 310 g/mol. The molecule has 1 fully saturated rings. The molecule has 2 rings (SSSR count). The van der Waals surface area contributed by atoms with Crippen LogP contribution in [0.2, 0.25) is 0 Å². The summed E-state index contributed by atoms with van der Waals surface area (Å²) >= 11 is 0. The number of nitrogen functional groups attached to an aromatic ring is 1. The largest absolute Gasteiger partial charge is 0.399 e. The van der Waals surface area contributed by atoms with Crippen molar-refractivity contribution in [3.63, 3.8) is 0 Å². The van der Waals surface area contributed by atoms with Crippen molar-refractivity contribution < 1.29 is 8.42 Å². The summed E-state index contributed by atoms with van der Waals surface area (Å²) in [6.45, 7) is 9.35. The molecule has 0 unspecified atom stereocenters. The molecule has 0 saturated carbocycles. The second kappa shape index (κ2) is 5.61. The molecule has 1 aliphatic heterocycles. The number of sulfonamides is 1. The van der Waals surface area contributed by atoms with E-state index in [0.29, 0.717) is 23.7 Å². The van der Waals surface area contributed by atoms with Gasteiger partial charge in [0.25, 0.3) is 0 Å². The number of nitrogens with zero attached hydrogens (tertiary/aromatic N) is 1. The van der Waals surface area contributed by atoms with Crippen LogP contribution in [0.3, 0.4) is 0 Å². The van der Waals surface area contributed by atoms with Crippen molar-refractivity contribution in [3.05, 3.63) is 23.3 Å². The Balaban J connectivity index is 2.39. The molecule has 0 radical (unpaired) electrons. The topological polar surface area (TPSA) is 63.4 Å². The number of anilines is 1. The Kier molecular flexibility index (Phi) is 4.36. The van der Waals surface area contributed by atoms with E-state index >= 15 is 0 Å². The summed E-state index contributed by atoms with van der Waals surface area (Å²) in [7, 11) is -3.46. The number of benzene rings is 1. The number of aryl methyl sites for hydroxylation is 1. The normalized spacial score (nSPS) is 20.2. The van der Waals surface area contributed by atoms with E-state index in [1.807, 2.05) is 19.9 Å². The van der Waals surface area contributed by atoms with Gasteiger partial charge in [0.2, 0.25) is 10.0 Å². The molecule has 1 saturated heterocycles. The maximum Gasteiger partial charge on any atom is 0.243 e. The zero-order valence-electron chi connectivity index (χ0n) is 13.4. The molecular formula is C16H26N2O2S. The van der Waals surface area contributed by atoms with Gasteiger partial charge in [0, 0.05) is 18.8 Å². The Morgan fingerprint density at radius 2 is 1.81 bits per heavy atom. The van der Waals surface area contributed by atoms with Gasteiger partial charge in [-0.15, -0.1) is 0 Å². The van der Waals surface area contributed by atoms with Crippen LogP contribution >= 0.6 is 0 Å². The minimum atomic E-state index is -3.46. The maximum atomic E-state index is 12.9. The highest BCUT2D eigenvalue weighted by Crippen LogP contribution is 2.33. The lowest BCUT2D eigenvalue weighted by molar-refractivity contribution is 0.315. The van der Waals surface area contributed by atoms with Gasteiger partial charge in [-0.3, -0.25) is 0 Å². The second-order valence-corrected chi connectivity index (χ2v) is 8.79. The summed E-state index contributed by atoms with van der Waals surface area (Å²) in [4.78, 5) is 0.361. The lowest BCUT2D eigenvalue weighted by Gasteiger charge is -2.24. The molecule has 21 heavy (non-hydrogen) atoms. The van der Waals surface area contributed by atoms with Gasteiger partial charge in [-0.25, -0.2) is 8.42 Å². The Morgan fingerprint density at radius 1 is 1.14 bits per heavy atom. The van der Waals surface area contributed by atoms with Gasteiger partial charge in [0.05, 0.1) is 4.90 Å². The van der Waals surface area contributed by atoms with Crippen LogP contribution in [-0.2, 0) is 10.0 Å². The third-order valence-electron chi connectivity index (χ3n) is 4.56. The molecule has 0 aromatic heterocycles. The molecular weight excluding hydrogens is 284 g/mol. The lowest BCUT2D eigenvalue weighted by atomic mass is 9.85. The number of rotatable bonds is 2. The van der Waals surface area contributed by atoms with Crippen LogP contribution in [0.5, 0.6) is 0 Å². The molecule has 4 nitrogen and oxygen atoms in total. The van der Waals surface area contributed by atoms with Gasteiger partial charge >= 0.3 is 0 Å². The zero-order valence-corrected chi connectivity index (χ0v) is 14.3. The minimum Gasteiger partial charge on any atom is -0.399 e. The van der Waals surface area contributed by atoms with Crippen LogP contribution < -0.4 is 5.73 Å². The van der Waals surface area contributed by atoms with E-state index < -0.39 is 10.0 Å². The summed E-state index contributed by atoms with van der Waals surface area (Å²) in [5.41, 5.74) is 8.28. The maximum absolute atomic E-state index is 12.9. The quantitative estimate of drug-likeness (QED) is 0.854. The Labute approximate surface area is 128 Å². The van der Waals surface area contributed by atoms with Crippen LogP contribution in [0.15, 0.2) is 17.0 Å². The first-order valence-electron chi connectivity index (χ1n) is 7.50. The molecule has 2 N–H and O–H groups in total. The van der Waals surface area contributed by atoms with Gasteiger partial charge < -0.3 is 5.73 Å². The first kappa shape index (κ1) is 16.3. The van der Waals surface area contributed by atoms with Crippen LogP contribution in [0.25, 0.3) is 0 Å². The van der Waals surface area contributed by atoms with Gasteiger partial charge in [-0.1, -0.05) is 13.8 Å². The number of hydrogen-bond donors (Lipinski definition) is 1. The van der Waals surface area contributed by atoms with E-state index in [1.54, 1.807) is 10.4 Å². The van der Waals surface area contributed by atoms with Crippen LogP contribution in [0.4, 0.5) is 5.69 Å². The Morgan fingerprint density at radius 3 is 2.48 bits per heavy atom. The van der Waals surface area contributed by atoms with E-state index in [4.69, 9.17) is 5.73 Å². The predicted octanol–water partition coefficient (Wildman–Crippen LogP) is 3.09. The summed E-state index contributed by atoms with van der Waals surface area (Å²) in [5.74, 6) is 0. The number of hydrogen-bond acceptors (Lipinski definition) is 3. The third-order valence-corrected chi connectivity index (χ3v) is 6.58. The van der Waals surface area contributed by atoms with Crippen molar-refractivity contribution in [3.8, 4) is 0 Å². The van der Waals surface area contributed by atoms with Gasteiger partial charge in [0.1, 0.15) is 0 Å². The van der Waals surface area contributed by atoms with E-state index in [-0.39, 0.29) is 5.41 Å². The molecule has 1 aromatic rings. The number of nitrogens with two attached hydrogens (primary N) is 1. The standard InChI is InChI=1S/C16H26N2O2S/c1-12-10-14(17)11-15(13(12)2)21(19,20)18-8-5-6-16(3,4)7-9-18/h10-11H,5-9,17H2,1-4H3. The van der Waals surface area contributed by atoms with E-state index in [0.717, 1.165) is 30.4 Å². The van der Waals surface area contributed by atoms with Crippen molar-refractivity contribution in [1.29, 1.82) is 0 Å². The smallest absolute Gasteiger partial charge is 0.243 e. The molecule has 0 bridgehead atoms. The van der Waals surface area contributed by atoms with Crippen molar-refractivity contribution in [2.45, 2.75) is 51.9 Å². The zero-order chi connectivity index (χ0) is 15.8. The van der Waals surface area contributed by atoms with E-state index in [1.165, 1.54) is 0 Å². The second-order valence-electron chi connectivity index (χ2n) is 6.88. The van der Waals surface area contributed by atoms with Crippen molar-refractivity contribution in [2.75, 3.05) is 18.8 Å². The summed E-state index contributed by atoms with van der Waals surface area (Å²) in [5, 5.41) is 0. The highest BCUT2D eigenvalue weighted by atomic mass is 32.2. The fraction of sp³-hybridized carbons (Fsp3) is 0.625. The van der Waals surface area contributed by atoms with Crippen molar-refractivity contribution >= 4 is 15.7 Å². The van der Waals surface area contributed by atoms with Crippen LogP contribution in [-0.4, -0.2) is 25.8 Å². The molecule has 0 atom stereocenters. The predicted molar refractivity (Wildman–Crippen MR) is 86.7 cm³/mol. The van der Waals surface area contributed by atoms with Gasteiger partial charge in [0.15, 0.2) is 0 Å². The van der Waals surface area contributed by atoms with Crippen LogP contribution in [0.1, 0.15) is 44.2 Å². The summed E-state index contributed by atoms with van der Waals surface area (Å²) in [6, 6.07) is 3.41. The van der Waals surface area contributed by atoms with Crippen molar-refractivity contribution in [1.82, 2.24) is 4.31 Å². The first-order chi connectivity index (χ1) is 9.63. The third kappa shape index (κ3) is 3.40. The van der Waals surface area contributed by atoms with E-state index in [2.05, 4.69) is 13.8 Å². The van der Waals surface area contributed by atoms with E-state index in [9.17, 15) is 8.42 Å². The first-order valence-corrected chi connectivity index (χ1v) is 8.94. The molecule has 0 spiro atoms. The molecule has 0 amide bonds. The van der Waals surface area contributed by atoms with Crippen molar-refractivity contribution in [2.24, 2.45) is 5.41 Å². The SMILES string of the molecule is Cc1cc(N)cc(S(=O)(=O)N2CCCC(C)(C)CC2)c1C. The average Bonchev–Trinajstić information content (AvgIpc) is 2.55.